The summed E-state index contributed by atoms with van der Waals surface area (Å²) in [5.41, 5.74) is 5.74. The summed E-state index contributed by atoms with van der Waals surface area (Å²) >= 11 is 0. The molecule has 39 heavy (non-hydrogen) atoms. The molecule has 2 aliphatic rings. The van der Waals surface area contributed by atoms with Crippen LogP contribution in [0.4, 0.5) is 18.9 Å². The molecular formula is C29H29F3N2O5. The molecule has 1 fully saturated rings. The van der Waals surface area contributed by atoms with Crippen molar-refractivity contribution in [3.05, 3.63) is 77.2 Å². The molecule has 3 aromatic rings. The van der Waals surface area contributed by atoms with Crippen molar-refractivity contribution in [3.63, 3.8) is 0 Å². The lowest BCUT2D eigenvalue weighted by Gasteiger charge is -2.39. The fourth-order valence-electron chi connectivity index (χ4n) is 4.98. The Labute approximate surface area is 223 Å². The second-order valence-corrected chi connectivity index (χ2v) is 10.9. The molecule has 0 radical (unpaired) electrons. The predicted molar refractivity (Wildman–Crippen MR) is 136 cm³/mol. The number of amides is 2. The maximum atomic E-state index is 13.9. The van der Waals surface area contributed by atoms with Crippen molar-refractivity contribution in [2.75, 3.05) is 4.90 Å². The van der Waals surface area contributed by atoms with E-state index in [1.54, 1.807) is 36.4 Å². The zero-order valence-corrected chi connectivity index (χ0v) is 21.8. The SMILES string of the molecule is CC(C)(C)Oc1cc(OC2(C(N)=O)CCC2)ccc1C1C(=O)N(Cc2ccc(C(F)(F)F)o2)c2ccccc21. The third-order valence-corrected chi connectivity index (χ3v) is 6.94. The minimum absolute atomic E-state index is 0.0123. The monoisotopic (exact) mass is 542 g/mol. The Morgan fingerprint density at radius 1 is 1.08 bits per heavy atom. The molecule has 10 heteroatoms. The molecule has 0 saturated heterocycles. The van der Waals surface area contributed by atoms with E-state index in [2.05, 4.69) is 0 Å². The standard InChI is InChI=1S/C29H29F3N2O5/c1-27(2,3)39-22-15-17(38-28(26(33)36)13-6-14-28)9-11-20(22)24-19-7-4-5-8-21(19)34(25(24)35)16-18-10-12-23(37-18)29(30,31)32/h4-5,7-12,15,24H,6,13-14,16H2,1-3H3,(H2,33,36). The van der Waals surface area contributed by atoms with E-state index in [4.69, 9.17) is 19.6 Å². The van der Waals surface area contributed by atoms with Crippen molar-refractivity contribution < 1.29 is 36.7 Å². The lowest BCUT2D eigenvalue weighted by molar-refractivity contribution is -0.153. The van der Waals surface area contributed by atoms with E-state index in [0.717, 1.165) is 12.5 Å². The minimum Gasteiger partial charge on any atom is -0.488 e. The number of nitrogens with zero attached hydrogens (tertiary/aromatic N) is 1. The van der Waals surface area contributed by atoms with Crippen LogP contribution in [0.2, 0.25) is 0 Å². The van der Waals surface area contributed by atoms with Gasteiger partial charge in [-0.05, 0) is 69.9 Å². The largest absolute Gasteiger partial charge is 0.488 e. The summed E-state index contributed by atoms with van der Waals surface area (Å²) in [5, 5.41) is 0. The van der Waals surface area contributed by atoms with Gasteiger partial charge in [-0.2, -0.15) is 13.2 Å². The van der Waals surface area contributed by atoms with Gasteiger partial charge in [0, 0.05) is 17.3 Å². The smallest absolute Gasteiger partial charge is 0.449 e. The van der Waals surface area contributed by atoms with Gasteiger partial charge in [-0.15, -0.1) is 0 Å². The van der Waals surface area contributed by atoms with Crippen molar-refractivity contribution in [1.82, 2.24) is 0 Å². The molecule has 7 nitrogen and oxygen atoms in total. The third kappa shape index (κ3) is 5.07. The van der Waals surface area contributed by atoms with Gasteiger partial charge >= 0.3 is 6.18 Å². The molecule has 1 saturated carbocycles. The molecule has 206 valence electrons. The quantitative estimate of drug-likeness (QED) is 0.399. The van der Waals surface area contributed by atoms with Gasteiger partial charge in [0.1, 0.15) is 22.9 Å². The van der Waals surface area contributed by atoms with Crippen molar-refractivity contribution in [2.45, 2.75) is 69.9 Å². The van der Waals surface area contributed by atoms with E-state index in [1.165, 1.54) is 11.0 Å². The Hall–Kier alpha value is -3.95. The van der Waals surface area contributed by atoms with E-state index < -0.39 is 35.0 Å². The number of rotatable bonds is 7. The molecule has 1 aromatic heterocycles. The van der Waals surface area contributed by atoms with E-state index >= 15 is 0 Å². The Balaban J connectivity index is 1.52. The van der Waals surface area contributed by atoms with Crippen LogP contribution in [0.1, 0.15) is 68.6 Å². The highest BCUT2D eigenvalue weighted by molar-refractivity contribution is 6.07. The van der Waals surface area contributed by atoms with Crippen LogP contribution in [0.25, 0.3) is 0 Å². The molecule has 2 aromatic carbocycles. The number of hydrogen-bond donors (Lipinski definition) is 1. The average Bonchev–Trinajstić information content (AvgIpc) is 3.39. The Bertz CT molecular complexity index is 1420. The van der Waals surface area contributed by atoms with E-state index in [0.29, 0.717) is 41.2 Å². The van der Waals surface area contributed by atoms with Gasteiger partial charge in [-0.25, -0.2) is 0 Å². The van der Waals surface area contributed by atoms with Crippen molar-refractivity contribution >= 4 is 17.5 Å². The van der Waals surface area contributed by atoms with Crippen LogP contribution >= 0.6 is 0 Å². The van der Waals surface area contributed by atoms with Crippen LogP contribution in [-0.4, -0.2) is 23.0 Å². The van der Waals surface area contributed by atoms with E-state index in [-0.39, 0.29) is 18.2 Å². The third-order valence-electron chi connectivity index (χ3n) is 6.94. The molecule has 0 bridgehead atoms. The Kier molecular flexibility index (Phi) is 6.39. The van der Waals surface area contributed by atoms with Gasteiger partial charge in [-0.3, -0.25) is 9.59 Å². The fourth-order valence-corrected chi connectivity index (χ4v) is 4.98. The van der Waals surface area contributed by atoms with Gasteiger partial charge in [0.05, 0.1) is 12.5 Å². The lowest BCUT2D eigenvalue weighted by atomic mass is 9.79. The number of halogens is 3. The highest BCUT2D eigenvalue weighted by atomic mass is 19.4. The minimum atomic E-state index is -4.62. The summed E-state index contributed by atoms with van der Waals surface area (Å²) in [5.74, 6) is -1.96. The zero-order valence-electron chi connectivity index (χ0n) is 21.8. The topological polar surface area (TPSA) is 95.0 Å². The number of alkyl halides is 3. The fraction of sp³-hybridized carbons (Fsp3) is 0.379. The van der Waals surface area contributed by atoms with Crippen molar-refractivity contribution in [1.29, 1.82) is 0 Å². The van der Waals surface area contributed by atoms with Crippen LogP contribution in [0.5, 0.6) is 11.5 Å². The average molecular weight is 543 g/mol. The first-order valence-electron chi connectivity index (χ1n) is 12.7. The highest BCUT2D eigenvalue weighted by Gasteiger charge is 2.46. The summed E-state index contributed by atoms with van der Waals surface area (Å²) in [7, 11) is 0. The molecule has 1 aliphatic heterocycles. The van der Waals surface area contributed by atoms with Crippen LogP contribution in [-0.2, 0) is 22.3 Å². The number of furan rings is 1. The summed E-state index contributed by atoms with van der Waals surface area (Å²) < 4.78 is 56.5. The molecule has 2 heterocycles. The first kappa shape index (κ1) is 26.6. The number of anilines is 1. The van der Waals surface area contributed by atoms with Gasteiger partial charge in [-0.1, -0.05) is 24.3 Å². The second-order valence-electron chi connectivity index (χ2n) is 10.9. The van der Waals surface area contributed by atoms with Gasteiger partial charge in [0.15, 0.2) is 5.60 Å². The second kappa shape index (κ2) is 9.36. The highest BCUT2D eigenvalue weighted by Crippen LogP contribution is 2.47. The normalized spacial score (nSPS) is 18.5. The summed E-state index contributed by atoms with van der Waals surface area (Å²) in [4.78, 5) is 27.3. The van der Waals surface area contributed by atoms with E-state index in [9.17, 15) is 22.8 Å². The Morgan fingerprint density at radius 2 is 1.79 bits per heavy atom. The predicted octanol–water partition coefficient (Wildman–Crippen LogP) is 5.94. The number of carbonyl (C=O) groups excluding carboxylic acids is 2. The zero-order chi connectivity index (χ0) is 28.2. The van der Waals surface area contributed by atoms with Crippen LogP contribution < -0.4 is 20.1 Å². The summed E-state index contributed by atoms with van der Waals surface area (Å²) in [6, 6.07) is 14.2. The molecule has 5 rings (SSSR count). The first-order chi connectivity index (χ1) is 18.3. The van der Waals surface area contributed by atoms with Gasteiger partial charge in [0.2, 0.25) is 11.7 Å². The summed E-state index contributed by atoms with van der Waals surface area (Å²) in [6.45, 7) is 5.44. The molecule has 1 aliphatic carbocycles. The number of para-hydroxylation sites is 1. The molecule has 1 atom stereocenters. The number of benzene rings is 2. The maximum Gasteiger partial charge on any atom is 0.449 e. The van der Waals surface area contributed by atoms with Crippen molar-refractivity contribution in [2.24, 2.45) is 5.73 Å². The number of primary amides is 1. The van der Waals surface area contributed by atoms with Crippen molar-refractivity contribution in [3.8, 4) is 11.5 Å². The first-order valence-corrected chi connectivity index (χ1v) is 12.7. The van der Waals surface area contributed by atoms with E-state index in [1.807, 2.05) is 26.8 Å². The number of nitrogens with two attached hydrogens (primary N) is 1. The number of carbonyl (C=O) groups is 2. The molecule has 2 amide bonds. The van der Waals surface area contributed by atoms with Gasteiger partial charge in [0.25, 0.3) is 5.91 Å². The molecule has 0 spiro atoms. The number of fused-ring (bicyclic) bond motifs is 1. The molecule has 1 unspecified atom stereocenters. The number of hydrogen-bond acceptors (Lipinski definition) is 5. The van der Waals surface area contributed by atoms with Crippen LogP contribution in [0, 0.1) is 0 Å². The molecule has 2 N–H and O–H groups in total. The summed E-state index contributed by atoms with van der Waals surface area (Å²) in [6.07, 6.45) is -2.75. The number of ether oxygens (including phenoxy) is 2. The van der Waals surface area contributed by atoms with Crippen LogP contribution in [0.3, 0.4) is 0 Å². The maximum absolute atomic E-state index is 13.9. The van der Waals surface area contributed by atoms with Gasteiger partial charge < -0.3 is 24.5 Å². The lowest BCUT2D eigenvalue weighted by Crippen LogP contribution is -2.54. The molecular weight excluding hydrogens is 513 g/mol. The van der Waals surface area contributed by atoms with Crippen LogP contribution in [0.15, 0.2) is 59.0 Å². The Morgan fingerprint density at radius 3 is 2.38 bits per heavy atom.